The van der Waals surface area contributed by atoms with E-state index in [-0.39, 0.29) is 6.54 Å². The lowest BCUT2D eigenvalue weighted by molar-refractivity contribution is -0.145. The predicted octanol–water partition coefficient (Wildman–Crippen LogP) is 1.62. The van der Waals surface area contributed by atoms with Crippen LogP contribution in [-0.4, -0.2) is 16.2 Å². The Bertz CT molecular complexity index is 384. The quantitative estimate of drug-likeness (QED) is 0.639. The zero-order valence-electron chi connectivity index (χ0n) is 7.04. The molecule has 0 saturated carbocycles. The third-order valence-electron chi connectivity index (χ3n) is 1.89. The third-order valence-corrected chi connectivity index (χ3v) is 1.89. The first kappa shape index (κ1) is 9.11. The van der Waals surface area contributed by atoms with Crippen LogP contribution in [0.3, 0.4) is 0 Å². The number of aromatic nitrogens is 2. The molecule has 0 N–H and O–H groups in total. The molecule has 0 aromatic carbocycles. The van der Waals surface area contributed by atoms with Crippen LogP contribution >= 0.6 is 0 Å². The molecule has 0 spiro atoms. The molecular formula is C8H6F3N3. The lowest BCUT2D eigenvalue weighted by Gasteiger charge is -2.11. The molecule has 0 unspecified atom stereocenters. The normalized spacial score (nSPS) is 15.4. The van der Waals surface area contributed by atoms with Gasteiger partial charge in [0.05, 0.1) is 12.2 Å². The average Bonchev–Trinajstić information content (AvgIpc) is 2.16. The molecule has 1 aliphatic rings. The van der Waals surface area contributed by atoms with Crippen LogP contribution < -0.4 is 0 Å². The monoisotopic (exact) mass is 201 g/mol. The van der Waals surface area contributed by atoms with Crippen LogP contribution in [0, 0.1) is 0 Å². The fourth-order valence-corrected chi connectivity index (χ4v) is 1.20. The minimum absolute atomic E-state index is 0.209. The van der Waals surface area contributed by atoms with Gasteiger partial charge in [-0.05, 0) is 5.56 Å². The van der Waals surface area contributed by atoms with Crippen molar-refractivity contribution >= 4 is 6.21 Å². The second-order valence-corrected chi connectivity index (χ2v) is 2.89. The number of aliphatic imine (C=N–C) groups is 1. The Morgan fingerprint density at radius 1 is 1.29 bits per heavy atom. The molecule has 2 rings (SSSR count). The van der Waals surface area contributed by atoms with Crippen molar-refractivity contribution in [2.24, 2.45) is 4.99 Å². The molecule has 14 heavy (non-hydrogen) atoms. The first-order valence-corrected chi connectivity index (χ1v) is 3.97. The summed E-state index contributed by atoms with van der Waals surface area (Å²) in [7, 11) is 0. The molecule has 1 aromatic heterocycles. The van der Waals surface area contributed by atoms with E-state index in [1.165, 1.54) is 6.20 Å². The maximum absolute atomic E-state index is 12.2. The summed E-state index contributed by atoms with van der Waals surface area (Å²) in [5.41, 5.74) is 1.09. The number of nitrogens with zero attached hydrogens (tertiary/aromatic N) is 3. The van der Waals surface area contributed by atoms with Crippen LogP contribution in [0.2, 0.25) is 0 Å². The van der Waals surface area contributed by atoms with Gasteiger partial charge in [0.25, 0.3) is 0 Å². The number of halogens is 3. The first-order valence-electron chi connectivity index (χ1n) is 3.97. The number of fused-ring (bicyclic) bond motifs is 1. The number of hydrogen-bond donors (Lipinski definition) is 0. The molecule has 0 fully saturated rings. The fraction of sp³-hybridized carbons (Fsp3) is 0.375. The Morgan fingerprint density at radius 3 is 2.79 bits per heavy atom. The van der Waals surface area contributed by atoms with Crippen molar-refractivity contribution < 1.29 is 13.2 Å². The Balaban J connectivity index is 2.41. The Labute approximate surface area is 77.7 Å². The van der Waals surface area contributed by atoms with E-state index in [2.05, 4.69) is 15.0 Å². The standard InChI is InChI=1S/C8H6F3N3/c9-8(10,11)7-13-3-5-1-2-12-4-6(5)14-7/h2-3H,1,4H2. The average molecular weight is 201 g/mol. The van der Waals surface area contributed by atoms with Crippen LogP contribution in [-0.2, 0) is 19.1 Å². The summed E-state index contributed by atoms with van der Waals surface area (Å²) in [6.45, 7) is 0.209. The summed E-state index contributed by atoms with van der Waals surface area (Å²) in [4.78, 5) is 10.6. The summed E-state index contributed by atoms with van der Waals surface area (Å²) in [6.07, 6.45) is -1.10. The maximum Gasteiger partial charge on any atom is 0.451 e. The number of rotatable bonds is 0. The topological polar surface area (TPSA) is 38.1 Å². The van der Waals surface area contributed by atoms with Crippen molar-refractivity contribution in [3.8, 4) is 0 Å². The zero-order valence-corrected chi connectivity index (χ0v) is 7.04. The molecule has 6 heteroatoms. The van der Waals surface area contributed by atoms with E-state index in [0.29, 0.717) is 17.7 Å². The van der Waals surface area contributed by atoms with Crippen LogP contribution in [0.4, 0.5) is 13.2 Å². The van der Waals surface area contributed by atoms with Crippen molar-refractivity contribution in [2.75, 3.05) is 0 Å². The van der Waals surface area contributed by atoms with Crippen molar-refractivity contribution in [3.63, 3.8) is 0 Å². The molecular weight excluding hydrogens is 195 g/mol. The molecule has 0 amide bonds. The fourth-order valence-electron chi connectivity index (χ4n) is 1.20. The van der Waals surface area contributed by atoms with Crippen LogP contribution in [0.1, 0.15) is 17.1 Å². The molecule has 1 aromatic rings. The van der Waals surface area contributed by atoms with Gasteiger partial charge < -0.3 is 0 Å². The van der Waals surface area contributed by atoms with Gasteiger partial charge in [-0.25, -0.2) is 9.97 Å². The lowest BCUT2D eigenvalue weighted by Crippen LogP contribution is -2.15. The van der Waals surface area contributed by atoms with E-state index >= 15 is 0 Å². The summed E-state index contributed by atoms with van der Waals surface area (Å²) in [6, 6.07) is 0. The van der Waals surface area contributed by atoms with Gasteiger partial charge >= 0.3 is 6.18 Å². The molecule has 0 atom stereocenters. The molecule has 74 valence electrons. The Kier molecular flexibility index (Phi) is 1.98. The third kappa shape index (κ3) is 1.59. The van der Waals surface area contributed by atoms with Crippen LogP contribution in [0.5, 0.6) is 0 Å². The van der Waals surface area contributed by atoms with E-state index in [4.69, 9.17) is 0 Å². The second-order valence-electron chi connectivity index (χ2n) is 2.89. The molecule has 0 aliphatic carbocycles. The highest BCUT2D eigenvalue weighted by molar-refractivity contribution is 5.63. The maximum atomic E-state index is 12.2. The van der Waals surface area contributed by atoms with E-state index < -0.39 is 12.0 Å². The first-order chi connectivity index (χ1) is 6.57. The van der Waals surface area contributed by atoms with Gasteiger partial charge in [-0.3, -0.25) is 4.99 Å². The highest BCUT2D eigenvalue weighted by Gasteiger charge is 2.35. The van der Waals surface area contributed by atoms with Crippen LogP contribution in [0.25, 0.3) is 0 Å². The van der Waals surface area contributed by atoms with Gasteiger partial charge in [0, 0.05) is 18.8 Å². The molecule has 1 aliphatic heterocycles. The summed E-state index contributed by atoms with van der Waals surface area (Å²) in [5, 5.41) is 0. The largest absolute Gasteiger partial charge is 0.451 e. The minimum Gasteiger partial charge on any atom is -0.291 e. The van der Waals surface area contributed by atoms with Crippen molar-refractivity contribution in [3.05, 3.63) is 23.3 Å². The molecule has 0 radical (unpaired) electrons. The van der Waals surface area contributed by atoms with E-state index in [9.17, 15) is 13.2 Å². The van der Waals surface area contributed by atoms with Crippen molar-refractivity contribution in [1.82, 2.24) is 9.97 Å². The molecule has 3 nitrogen and oxygen atoms in total. The molecule has 2 heterocycles. The van der Waals surface area contributed by atoms with Crippen molar-refractivity contribution in [2.45, 2.75) is 19.1 Å². The van der Waals surface area contributed by atoms with Gasteiger partial charge in [0.2, 0.25) is 5.82 Å². The summed E-state index contributed by atoms with van der Waals surface area (Å²) >= 11 is 0. The van der Waals surface area contributed by atoms with Gasteiger partial charge in [0.1, 0.15) is 0 Å². The van der Waals surface area contributed by atoms with Gasteiger partial charge in [0.15, 0.2) is 0 Å². The van der Waals surface area contributed by atoms with E-state index in [1.54, 1.807) is 6.21 Å². The summed E-state index contributed by atoms with van der Waals surface area (Å²) in [5.74, 6) is -1.09. The highest BCUT2D eigenvalue weighted by atomic mass is 19.4. The zero-order chi connectivity index (χ0) is 10.2. The highest BCUT2D eigenvalue weighted by Crippen LogP contribution is 2.26. The second kappa shape index (κ2) is 3.04. The smallest absolute Gasteiger partial charge is 0.291 e. The SMILES string of the molecule is FC(F)(F)c1ncc2c(n1)CN=CC2. The van der Waals surface area contributed by atoms with Crippen LogP contribution in [0.15, 0.2) is 11.2 Å². The molecule has 0 bridgehead atoms. The molecule has 0 saturated heterocycles. The van der Waals surface area contributed by atoms with Crippen molar-refractivity contribution in [1.29, 1.82) is 0 Å². The van der Waals surface area contributed by atoms with Gasteiger partial charge in [-0.1, -0.05) is 0 Å². The number of alkyl halides is 3. The van der Waals surface area contributed by atoms with E-state index in [0.717, 1.165) is 0 Å². The lowest BCUT2D eigenvalue weighted by atomic mass is 10.1. The Morgan fingerprint density at radius 2 is 2.07 bits per heavy atom. The summed E-state index contributed by atoms with van der Waals surface area (Å²) < 4.78 is 36.6. The van der Waals surface area contributed by atoms with Gasteiger partial charge in [-0.2, -0.15) is 13.2 Å². The minimum atomic E-state index is -4.48. The Hall–Kier alpha value is -1.46. The van der Waals surface area contributed by atoms with E-state index in [1.807, 2.05) is 0 Å². The number of hydrogen-bond acceptors (Lipinski definition) is 3. The predicted molar refractivity (Wildman–Crippen MR) is 42.9 cm³/mol. The van der Waals surface area contributed by atoms with Gasteiger partial charge in [-0.15, -0.1) is 0 Å².